The number of carbonyl (C=O) groups excluding carboxylic acids is 1. The van der Waals surface area contributed by atoms with E-state index < -0.39 is 0 Å². The molecule has 4 nitrogen and oxygen atoms in total. The van der Waals surface area contributed by atoms with Gasteiger partial charge in [0.15, 0.2) is 0 Å². The van der Waals surface area contributed by atoms with Crippen LogP contribution in [0.1, 0.15) is 13.8 Å². The zero-order chi connectivity index (χ0) is 9.14. The smallest absolute Gasteiger partial charge is 0.219 e. The molecule has 12 heavy (non-hydrogen) atoms. The number of nitrogens with one attached hydrogen (secondary N) is 1. The van der Waals surface area contributed by atoms with E-state index in [1.54, 1.807) is 13.8 Å². The van der Waals surface area contributed by atoms with Gasteiger partial charge in [-0.2, -0.15) is 0 Å². The standard InChI is InChI=1S/C8H15N3O/c1-7(9)10-3-5-11(6-4-10)8(2)12/h9H,3-6H2,1-2H3. The first-order chi connectivity index (χ1) is 5.61. The third kappa shape index (κ3) is 1.96. The van der Waals surface area contributed by atoms with Gasteiger partial charge < -0.3 is 9.80 Å². The van der Waals surface area contributed by atoms with Crippen molar-refractivity contribution in [1.29, 1.82) is 5.41 Å². The minimum absolute atomic E-state index is 0.136. The van der Waals surface area contributed by atoms with Gasteiger partial charge in [0.2, 0.25) is 5.91 Å². The first kappa shape index (κ1) is 9.03. The molecule has 1 heterocycles. The van der Waals surface area contributed by atoms with Crippen LogP contribution in [0.2, 0.25) is 0 Å². The molecular weight excluding hydrogens is 154 g/mol. The SMILES string of the molecule is CC(=N)N1CCN(C(C)=O)CC1. The number of rotatable bonds is 0. The lowest BCUT2D eigenvalue weighted by atomic mass is 10.3. The Bertz CT molecular complexity index is 172. The van der Waals surface area contributed by atoms with E-state index in [1.165, 1.54) is 0 Å². The summed E-state index contributed by atoms with van der Waals surface area (Å²) in [6, 6.07) is 0. The average Bonchev–Trinajstić information content (AvgIpc) is 2.04. The third-order valence-electron chi connectivity index (χ3n) is 2.20. The zero-order valence-electron chi connectivity index (χ0n) is 7.63. The fourth-order valence-electron chi connectivity index (χ4n) is 1.36. The molecule has 4 heteroatoms. The molecule has 0 unspecified atom stereocenters. The van der Waals surface area contributed by atoms with Crippen LogP contribution in [0.25, 0.3) is 0 Å². The Hall–Kier alpha value is -1.06. The van der Waals surface area contributed by atoms with Crippen LogP contribution in [-0.4, -0.2) is 47.7 Å². The maximum Gasteiger partial charge on any atom is 0.219 e. The van der Waals surface area contributed by atoms with Crippen LogP contribution in [0.15, 0.2) is 0 Å². The minimum atomic E-state index is 0.136. The van der Waals surface area contributed by atoms with E-state index in [1.807, 2.05) is 9.80 Å². The summed E-state index contributed by atoms with van der Waals surface area (Å²) in [7, 11) is 0. The monoisotopic (exact) mass is 169 g/mol. The number of amidine groups is 1. The molecule has 1 N–H and O–H groups in total. The van der Waals surface area contributed by atoms with Crippen molar-refractivity contribution >= 4 is 11.7 Å². The van der Waals surface area contributed by atoms with Crippen molar-refractivity contribution in [2.75, 3.05) is 26.2 Å². The lowest BCUT2D eigenvalue weighted by Crippen LogP contribution is -2.49. The first-order valence-electron chi connectivity index (χ1n) is 4.17. The lowest BCUT2D eigenvalue weighted by Gasteiger charge is -2.34. The molecule has 0 aromatic carbocycles. The second kappa shape index (κ2) is 3.56. The maximum absolute atomic E-state index is 10.9. The Morgan fingerprint density at radius 1 is 1.08 bits per heavy atom. The van der Waals surface area contributed by atoms with Crippen molar-refractivity contribution in [2.24, 2.45) is 0 Å². The number of hydrogen-bond acceptors (Lipinski definition) is 2. The van der Waals surface area contributed by atoms with Crippen LogP contribution in [0, 0.1) is 5.41 Å². The molecule has 1 aliphatic heterocycles. The topological polar surface area (TPSA) is 47.4 Å². The summed E-state index contributed by atoms with van der Waals surface area (Å²) in [6.07, 6.45) is 0. The van der Waals surface area contributed by atoms with Crippen LogP contribution in [0.4, 0.5) is 0 Å². The molecule has 1 rings (SSSR count). The van der Waals surface area contributed by atoms with Gasteiger partial charge in [-0.1, -0.05) is 0 Å². The van der Waals surface area contributed by atoms with E-state index in [9.17, 15) is 4.79 Å². The highest BCUT2D eigenvalue weighted by Gasteiger charge is 2.17. The molecule has 0 spiro atoms. The molecule has 0 aliphatic carbocycles. The Balaban J connectivity index is 2.39. The Labute approximate surface area is 72.7 Å². The summed E-state index contributed by atoms with van der Waals surface area (Å²) in [6.45, 7) is 6.48. The minimum Gasteiger partial charge on any atom is -0.357 e. The van der Waals surface area contributed by atoms with E-state index in [0.29, 0.717) is 5.84 Å². The molecule has 0 saturated carbocycles. The van der Waals surface area contributed by atoms with Gasteiger partial charge >= 0.3 is 0 Å². The fourth-order valence-corrected chi connectivity index (χ4v) is 1.36. The summed E-state index contributed by atoms with van der Waals surface area (Å²) in [5.74, 6) is 0.732. The van der Waals surface area contributed by atoms with Crippen molar-refractivity contribution in [3.05, 3.63) is 0 Å². The first-order valence-corrected chi connectivity index (χ1v) is 4.17. The summed E-state index contributed by atoms with van der Waals surface area (Å²) >= 11 is 0. The van der Waals surface area contributed by atoms with Gasteiger partial charge in [0.25, 0.3) is 0 Å². The Morgan fingerprint density at radius 2 is 1.50 bits per heavy atom. The second-order valence-corrected chi connectivity index (χ2v) is 3.08. The van der Waals surface area contributed by atoms with Gasteiger partial charge in [0.1, 0.15) is 0 Å². The molecule has 0 radical (unpaired) electrons. The van der Waals surface area contributed by atoms with Gasteiger partial charge in [-0.15, -0.1) is 0 Å². The zero-order valence-corrected chi connectivity index (χ0v) is 7.63. The van der Waals surface area contributed by atoms with Crippen LogP contribution in [0.5, 0.6) is 0 Å². The molecule has 0 atom stereocenters. The molecule has 1 amide bonds. The van der Waals surface area contributed by atoms with Gasteiger partial charge in [0, 0.05) is 33.1 Å². The number of nitrogens with zero attached hydrogens (tertiary/aromatic N) is 2. The van der Waals surface area contributed by atoms with Crippen LogP contribution in [0.3, 0.4) is 0 Å². The van der Waals surface area contributed by atoms with E-state index in [-0.39, 0.29) is 5.91 Å². The fraction of sp³-hybridized carbons (Fsp3) is 0.750. The van der Waals surface area contributed by atoms with Crippen molar-refractivity contribution in [1.82, 2.24) is 9.80 Å². The van der Waals surface area contributed by atoms with Crippen LogP contribution < -0.4 is 0 Å². The normalized spacial score (nSPS) is 17.8. The summed E-state index contributed by atoms with van der Waals surface area (Å²) in [4.78, 5) is 14.7. The number of hydrogen-bond donors (Lipinski definition) is 1. The number of piperazine rings is 1. The summed E-state index contributed by atoms with van der Waals surface area (Å²) < 4.78 is 0. The van der Waals surface area contributed by atoms with E-state index >= 15 is 0 Å². The van der Waals surface area contributed by atoms with E-state index in [2.05, 4.69) is 0 Å². The largest absolute Gasteiger partial charge is 0.357 e. The van der Waals surface area contributed by atoms with Gasteiger partial charge in [-0.25, -0.2) is 0 Å². The van der Waals surface area contributed by atoms with E-state index in [0.717, 1.165) is 26.2 Å². The second-order valence-electron chi connectivity index (χ2n) is 3.08. The maximum atomic E-state index is 10.9. The summed E-state index contributed by atoms with van der Waals surface area (Å²) in [5.41, 5.74) is 0. The molecule has 1 aliphatic rings. The van der Waals surface area contributed by atoms with Crippen LogP contribution in [-0.2, 0) is 4.79 Å². The predicted octanol–water partition coefficient (Wildman–Crippen LogP) is 0.148. The lowest BCUT2D eigenvalue weighted by molar-refractivity contribution is -0.130. The van der Waals surface area contributed by atoms with Crippen molar-refractivity contribution in [2.45, 2.75) is 13.8 Å². The quantitative estimate of drug-likeness (QED) is 0.414. The van der Waals surface area contributed by atoms with Gasteiger partial charge in [0.05, 0.1) is 5.84 Å². The molecule has 0 bridgehead atoms. The molecule has 0 aromatic rings. The molecule has 1 fully saturated rings. The molecular formula is C8H15N3O. The van der Waals surface area contributed by atoms with Gasteiger partial charge in [-0.05, 0) is 6.92 Å². The molecule has 0 aromatic heterocycles. The number of amides is 1. The third-order valence-corrected chi connectivity index (χ3v) is 2.20. The Morgan fingerprint density at radius 3 is 1.83 bits per heavy atom. The van der Waals surface area contributed by atoms with Gasteiger partial charge in [-0.3, -0.25) is 10.2 Å². The highest BCUT2D eigenvalue weighted by molar-refractivity contribution is 5.77. The van der Waals surface area contributed by atoms with E-state index in [4.69, 9.17) is 5.41 Å². The predicted molar refractivity (Wildman–Crippen MR) is 47.2 cm³/mol. The molecule has 68 valence electrons. The number of carbonyl (C=O) groups is 1. The van der Waals surface area contributed by atoms with Crippen molar-refractivity contribution in [3.8, 4) is 0 Å². The van der Waals surface area contributed by atoms with Crippen molar-refractivity contribution in [3.63, 3.8) is 0 Å². The highest BCUT2D eigenvalue weighted by atomic mass is 16.2. The van der Waals surface area contributed by atoms with Crippen molar-refractivity contribution < 1.29 is 4.79 Å². The highest BCUT2D eigenvalue weighted by Crippen LogP contribution is 2.01. The summed E-state index contributed by atoms with van der Waals surface area (Å²) in [5, 5.41) is 7.38. The Kier molecular flexibility index (Phi) is 2.68. The average molecular weight is 169 g/mol. The van der Waals surface area contributed by atoms with Crippen LogP contribution >= 0.6 is 0 Å². The molecule has 1 saturated heterocycles.